The van der Waals surface area contributed by atoms with Crippen LogP contribution in [-0.2, 0) is 16.0 Å². The lowest BCUT2D eigenvalue weighted by Gasteiger charge is -2.05. The molecule has 0 aliphatic carbocycles. The summed E-state index contributed by atoms with van der Waals surface area (Å²) in [6, 6.07) is 8.17. The summed E-state index contributed by atoms with van der Waals surface area (Å²) in [5, 5.41) is 0. The first-order chi connectivity index (χ1) is 7.79. The summed E-state index contributed by atoms with van der Waals surface area (Å²) in [7, 11) is 1.72. The molecule has 0 saturated carbocycles. The highest BCUT2D eigenvalue weighted by Gasteiger charge is 1.97. The molecule has 1 aromatic carbocycles. The molecule has 0 N–H and O–H groups in total. The highest BCUT2D eigenvalue weighted by molar-refractivity contribution is 5.36. The van der Waals surface area contributed by atoms with Crippen LogP contribution in [0.3, 0.4) is 0 Å². The fourth-order valence-corrected chi connectivity index (χ4v) is 1.25. The summed E-state index contributed by atoms with van der Waals surface area (Å²) in [6.07, 6.45) is 2.27. The van der Waals surface area contributed by atoms with Gasteiger partial charge in [-0.25, -0.2) is 0 Å². The highest BCUT2D eigenvalue weighted by atomic mass is 16.5. The number of para-hydroxylation sites is 1. The zero-order valence-electron chi connectivity index (χ0n) is 10.2. The number of benzene rings is 1. The molecule has 0 fully saturated rings. The third kappa shape index (κ3) is 6.06. The predicted octanol–water partition coefficient (Wildman–Crippen LogP) is 2.83. The van der Waals surface area contributed by atoms with Crippen LogP contribution in [0, 0.1) is 0 Å². The van der Waals surface area contributed by atoms with Gasteiger partial charge >= 0.3 is 0 Å². The minimum atomic E-state index is 0.431. The first-order valence-electron chi connectivity index (χ1n) is 5.47. The molecule has 0 saturated heterocycles. The van der Waals surface area contributed by atoms with Crippen molar-refractivity contribution in [2.45, 2.75) is 26.7 Å². The molecule has 0 aromatic heterocycles. The van der Waals surface area contributed by atoms with Crippen LogP contribution in [0.2, 0.25) is 0 Å². The Hall–Kier alpha value is -1.51. The Morgan fingerprint density at radius 1 is 1.25 bits per heavy atom. The van der Waals surface area contributed by atoms with Gasteiger partial charge in [-0.1, -0.05) is 31.5 Å². The zero-order valence-corrected chi connectivity index (χ0v) is 10.2. The average Bonchev–Trinajstić information content (AvgIpc) is 2.32. The van der Waals surface area contributed by atoms with Crippen LogP contribution in [-0.4, -0.2) is 20.2 Å². The molecule has 0 aliphatic heterocycles. The molecular weight excluding hydrogens is 204 g/mol. The lowest BCUT2D eigenvalue weighted by Crippen LogP contribution is -1.90. The summed E-state index contributed by atoms with van der Waals surface area (Å²) >= 11 is 0. The summed E-state index contributed by atoms with van der Waals surface area (Å²) in [5.74, 6) is 1.01. The standard InChI is InChI=1S/C10H14O.C3H6O2/c1-3-6-9-7-4-5-8-10(9)11-2;1-2-5-3-4/h4-5,7-8H,3,6H2,1-2H3;3H,2H2,1H3. The summed E-state index contributed by atoms with van der Waals surface area (Å²) < 4.78 is 9.35. The van der Waals surface area contributed by atoms with Gasteiger partial charge in [0.1, 0.15) is 5.75 Å². The second-order valence-corrected chi connectivity index (χ2v) is 3.11. The number of carbonyl (C=O) groups is 1. The number of rotatable bonds is 5. The van der Waals surface area contributed by atoms with Gasteiger partial charge in [-0.2, -0.15) is 0 Å². The fraction of sp³-hybridized carbons (Fsp3) is 0.462. The molecule has 0 atom stereocenters. The Kier molecular flexibility index (Phi) is 9.08. The van der Waals surface area contributed by atoms with Crippen molar-refractivity contribution in [2.75, 3.05) is 13.7 Å². The number of carbonyl (C=O) groups excluding carboxylic acids is 1. The van der Waals surface area contributed by atoms with E-state index in [0.29, 0.717) is 13.1 Å². The lowest BCUT2D eigenvalue weighted by atomic mass is 10.1. The molecule has 0 radical (unpaired) electrons. The van der Waals surface area contributed by atoms with Gasteiger partial charge in [0.15, 0.2) is 0 Å². The molecule has 3 nitrogen and oxygen atoms in total. The van der Waals surface area contributed by atoms with E-state index in [4.69, 9.17) is 4.74 Å². The molecule has 0 bridgehead atoms. The van der Waals surface area contributed by atoms with Gasteiger partial charge in [0.2, 0.25) is 0 Å². The van der Waals surface area contributed by atoms with Crippen molar-refractivity contribution in [3.63, 3.8) is 0 Å². The molecule has 0 amide bonds. The van der Waals surface area contributed by atoms with Gasteiger partial charge in [-0.3, -0.25) is 4.79 Å². The molecule has 1 rings (SSSR count). The van der Waals surface area contributed by atoms with Crippen LogP contribution < -0.4 is 4.74 Å². The number of aryl methyl sites for hydroxylation is 1. The van der Waals surface area contributed by atoms with Crippen molar-refractivity contribution in [3.05, 3.63) is 29.8 Å². The van der Waals surface area contributed by atoms with E-state index in [1.807, 2.05) is 18.2 Å². The number of hydrogen-bond acceptors (Lipinski definition) is 3. The van der Waals surface area contributed by atoms with E-state index in [1.54, 1.807) is 14.0 Å². The third-order valence-electron chi connectivity index (χ3n) is 1.95. The minimum Gasteiger partial charge on any atom is -0.496 e. The Morgan fingerprint density at radius 2 is 1.94 bits per heavy atom. The average molecular weight is 224 g/mol. The molecule has 0 spiro atoms. The summed E-state index contributed by atoms with van der Waals surface area (Å²) in [4.78, 5) is 9.18. The van der Waals surface area contributed by atoms with Gasteiger partial charge < -0.3 is 9.47 Å². The Morgan fingerprint density at radius 3 is 2.38 bits per heavy atom. The molecule has 3 heteroatoms. The van der Waals surface area contributed by atoms with Crippen LogP contribution in [0.5, 0.6) is 5.75 Å². The maximum Gasteiger partial charge on any atom is 0.293 e. The Labute approximate surface area is 97.4 Å². The van der Waals surface area contributed by atoms with Gasteiger partial charge in [0, 0.05) is 0 Å². The molecule has 0 heterocycles. The highest BCUT2D eigenvalue weighted by Crippen LogP contribution is 2.18. The molecular formula is C13H20O3. The number of hydrogen-bond donors (Lipinski definition) is 0. The van der Waals surface area contributed by atoms with E-state index < -0.39 is 0 Å². The van der Waals surface area contributed by atoms with Gasteiger partial charge in [0.05, 0.1) is 13.7 Å². The van der Waals surface area contributed by atoms with Crippen LogP contribution >= 0.6 is 0 Å². The van der Waals surface area contributed by atoms with E-state index in [-0.39, 0.29) is 0 Å². The summed E-state index contributed by atoms with van der Waals surface area (Å²) in [6.45, 7) is 4.84. The number of methoxy groups -OCH3 is 1. The van der Waals surface area contributed by atoms with E-state index in [1.165, 1.54) is 12.0 Å². The van der Waals surface area contributed by atoms with Crippen LogP contribution in [0.25, 0.3) is 0 Å². The van der Waals surface area contributed by atoms with E-state index >= 15 is 0 Å². The van der Waals surface area contributed by atoms with Crippen molar-refractivity contribution in [1.29, 1.82) is 0 Å². The molecule has 16 heavy (non-hydrogen) atoms. The third-order valence-corrected chi connectivity index (χ3v) is 1.95. The Balaban J connectivity index is 0.000000385. The second kappa shape index (κ2) is 10.0. The van der Waals surface area contributed by atoms with Crippen molar-refractivity contribution in [2.24, 2.45) is 0 Å². The first kappa shape index (κ1) is 14.5. The first-order valence-corrected chi connectivity index (χ1v) is 5.47. The van der Waals surface area contributed by atoms with Crippen LogP contribution in [0.15, 0.2) is 24.3 Å². The van der Waals surface area contributed by atoms with E-state index in [2.05, 4.69) is 17.7 Å². The quantitative estimate of drug-likeness (QED) is 0.721. The SMILES string of the molecule is CCCc1ccccc1OC.CCOC=O. The lowest BCUT2D eigenvalue weighted by molar-refractivity contribution is -0.128. The maximum absolute atomic E-state index is 9.18. The van der Waals surface area contributed by atoms with Crippen molar-refractivity contribution >= 4 is 6.47 Å². The molecule has 0 unspecified atom stereocenters. The summed E-state index contributed by atoms with van der Waals surface area (Å²) in [5.41, 5.74) is 1.30. The topological polar surface area (TPSA) is 35.5 Å². The second-order valence-electron chi connectivity index (χ2n) is 3.11. The molecule has 1 aromatic rings. The normalized spacial score (nSPS) is 8.69. The van der Waals surface area contributed by atoms with E-state index in [0.717, 1.165) is 12.2 Å². The van der Waals surface area contributed by atoms with Crippen LogP contribution in [0.4, 0.5) is 0 Å². The molecule has 0 aliphatic rings. The maximum atomic E-state index is 9.18. The van der Waals surface area contributed by atoms with Gasteiger partial charge in [0.25, 0.3) is 6.47 Å². The fourth-order valence-electron chi connectivity index (χ4n) is 1.25. The minimum absolute atomic E-state index is 0.431. The number of ether oxygens (including phenoxy) is 2. The van der Waals surface area contributed by atoms with Crippen LogP contribution in [0.1, 0.15) is 25.8 Å². The monoisotopic (exact) mass is 224 g/mol. The zero-order chi connectivity index (χ0) is 12.2. The Bertz CT molecular complexity index is 284. The van der Waals surface area contributed by atoms with Crippen molar-refractivity contribution in [3.8, 4) is 5.75 Å². The van der Waals surface area contributed by atoms with E-state index in [9.17, 15) is 4.79 Å². The van der Waals surface area contributed by atoms with Gasteiger partial charge in [-0.15, -0.1) is 0 Å². The largest absolute Gasteiger partial charge is 0.496 e. The molecule has 90 valence electrons. The van der Waals surface area contributed by atoms with Gasteiger partial charge in [-0.05, 0) is 25.0 Å². The predicted molar refractivity (Wildman–Crippen MR) is 64.7 cm³/mol. The van der Waals surface area contributed by atoms with Crippen molar-refractivity contribution < 1.29 is 14.3 Å². The van der Waals surface area contributed by atoms with Crippen molar-refractivity contribution in [1.82, 2.24) is 0 Å². The smallest absolute Gasteiger partial charge is 0.293 e.